The van der Waals surface area contributed by atoms with Crippen LogP contribution in [-0.2, 0) is 15.9 Å². The molecular weight excluding hydrogens is 429 g/mol. The largest absolute Gasteiger partial charge is 0.468 e. The van der Waals surface area contributed by atoms with E-state index in [1.165, 1.54) is 6.07 Å². The first-order chi connectivity index (χ1) is 15.1. The first kappa shape index (κ1) is 19.2. The maximum Gasteiger partial charge on any atom is 0.296 e. The van der Waals surface area contributed by atoms with Gasteiger partial charge in [0.25, 0.3) is 6.01 Å². The second-order valence-corrected chi connectivity index (χ2v) is 8.37. The molecular formula is C21H19ClFN3O5. The number of benzene rings is 1. The number of halogens is 2. The van der Waals surface area contributed by atoms with E-state index in [9.17, 15) is 9.50 Å². The molecule has 0 bridgehead atoms. The Hall–Kier alpha value is -2.46. The molecule has 0 saturated carbocycles. The van der Waals surface area contributed by atoms with Gasteiger partial charge in [-0.15, -0.1) is 0 Å². The van der Waals surface area contributed by atoms with Gasteiger partial charge in [0, 0.05) is 5.56 Å². The second kappa shape index (κ2) is 7.30. The van der Waals surface area contributed by atoms with E-state index in [0.29, 0.717) is 34.8 Å². The van der Waals surface area contributed by atoms with Crippen molar-refractivity contribution in [1.29, 1.82) is 0 Å². The molecule has 0 amide bonds. The van der Waals surface area contributed by atoms with E-state index < -0.39 is 24.4 Å². The molecule has 3 aliphatic rings. The molecule has 0 radical (unpaired) electrons. The number of aliphatic hydroxyl groups is 1. The van der Waals surface area contributed by atoms with Crippen molar-refractivity contribution in [2.45, 2.75) is 43.4 Å². The number of hydrogen-bond donors (Lipinski definition) is 2. The van der Waals surface area contributed by atoms with Crippen LogP contribution in [0.15, 0.2) is 24.3 Å². The van der Waals surface area contributed by atoms with Gasteiger partial charge in [-0.25, -0.2) is 4.39 Å². The van der Waals surface area contributed by atoms with E-state index in [1.54, 1.807) is 12.1 Å². The van der Waals surface area contributed by atoms with Crippen molar-refractivity contribution in [3.63, 3.8) is 0 Å². The lowest BCUT2D eigenvalue weighted by Crippen LogP contribution is -2.34. The highest BCUT2D eigenvalue weighted by Crippen LogP contribution is 2.38. The standard InChI is InChI=1S/C21H19ClFN3O5/c22-10-6-12-19(25-20(10)30-14-5-4-9-2-1-3-11(23)16(9)14)26-21(24-12)31-15-8-29-17-13(27)7-28-18(15)17/h1-3,6,13-15,17-18,27H,4-5,7-8H2,(H,24,25,26)/t13-,14?,15?,17-,18-/m1/s1. The number of pyridine rings is 1. The zero-order chi connectivity index (χ0) is 21.1. The second-order valence-electron chi connectivity index (χ2n) is 7.97. The van der Waals surface area contributed by atoms with Crippen LogP contribution < -0.4 is 9.47 Å². The SMILES string of the molecule is O[C@@H]1CO[C@@H]2C(Oc3nc4nc(OC5CCc6cccc(F)c65)c(Cl)cc4[nH]3)CO[C@H]12. The molecule has 0 spiro atoms. The van der Waals surface area contributed by atoms with Crippen LogP contribution in [0.3, 0.4) is 0 Å². The van der Waals surface area contributed by atoms with Crippen molar-refractivity contribution in [1.82, 2.24) is 15.0 Å². The van der Waals surface area contributed by atoms with Gasteiger partial charge < -0.3 is 29.0 Å². The van der Waals surface area contributed by atoms with Gasteiger partial charge in [0.15, 0.2) is 11.8 Å². The lowest BCUT2D eigenvalue weighted by molar-refractivity contribution is 0.00706. The van der Waals surface area contributed by atoms with Gasteiger partial charge in [0.2, 0.25) is 5.88 Å². The Labute approximate surface area is 181 Å². The van der Waals surface area contributed by atoms with Crippen LogP contribution in [0.1, 0.15) is 23.7 Å². The average molecular weight is 448 g/mol. The normalized spacial score (nSPS) is 29.3. The lowest BCUT2D eigenvalue weighted by atomic mass is 10.1. The summed E-state index contributed by atoms with van der Waals surface area (Å²) in [6.07, 6.45) is -0.858. The number of aryl methyl sites for hydroxylation is 1. The Morgan fingerprint density at radius 1 is 1.16 bits per heavy atom. The Balaban J connectivity index is 1.24. The van der Waals surface area contributed by atoms with Crippen LogP contribution >= 0.6 is 11.6 Å². The van der Waals surface area contributed by atoms with Crippen LogP contribution in [0, 0.1) is 5.82 Å². The van der Waals surface area contributed by atoms with Crippen molar-refractivity contribution in [3.8, 4) is 11.9 Å². The highest BCUT2D eigenvalue weighted by molar-refractivity contribution is 6.32. The minimum absolute atomic E-state index is 0.194. The molecule has 31 heavy (non-hydrogen) atoms. The molecule has 2 unspecified atom stereocenters. The monoisotopic (exact) mass is 447 g/mol. The van der Waals surface area contributed by atoms with Crippen LogP contribution in [0.5, 0.6) is 11.9 Å². The first-order valence-electron chi connectivity index (χ1n) is 10.1. The molecule has 6 rings (SSSR count). The molecule has 2 N–H and O–H groups in total. The number of aromatic nitrogens is 3. The molecule has 2 aromatic heterocycles. The minimum Gasteiger partial charge on any atom is -0.468 e. The third kappa shape index (κ3) is 3.23. The van der Waals surface area contributed by atoms with Gasteiger partial charge in [-0.05, 0) is 30.5 Å². The third-order valence-corrected chi connectivity index (χ3v) is 6.28. The number of imidazole rings is 1. The number of nitrogens with zero attached hydrogens (tertiary/aromatic N) is 2. The minimum atomic E-state index is -0.653. The van der Waals surface area contributed by atoms with Crippen molar-refractivity contribution >= 4 is 22.8 Å². The predicted octanol–water partition coefficient (Wildman–Crippen LogP) is 2.72. The Bertz CT molecular complexity index is 1160. The number of hydrogen-bond acceptors (Lipinski definition) is 7. The lowest BCUT2D eigenvalue weighted by Gasteiger charge is -2.15. The summed E-state index contributed by atoms with van der Waals surface area (Å²) in [5, 5.41) is 10.2. The molecule has 2 saturated heterocycles. The van der Waals surface area contributed by atoms with Crippen LogP contribution in [0.2, 0.25) is 5.02 Å². The quantitative estimate of drug-likeness (QED) is 0.634. The average Bonchev–Trinajstić information content (AvgIpc) is 3.50. The number of nitrogens with one attached hydrogen (secondary N) is 1. The summed E-state index contributed by atoms with van der Waals surface area (Å²) in [5.41, 5.74) is 2.44. The van der Waals surface area contributed by atoms with Crippen molar-refractivity contribution in [2.75, 3.05) is 13.2 Å². The van der Waals surface area contributed by atoms with Crippen molar-refractivity contribution < 1.29 is 28.4 Å². The summed E-state index contributed by atoms with van der Waals surface area (Å²) in [4.78, 5) is 11.8. The van der Waals surface area contributed by atoms with E-state index in [0.717, 1.165) is 12.0 Å². The molecule has 3 aromatic rings. The number of fused-ring (bicyclic) bond motifs is 3. The molecule has 8 nitrogen and oxygen atoms in total. The zero-order valence-electron chi connectivity index (χ0n) is 16.3. The maximum absolute atomic E-state index is 14.3. The molecule has 1 aliphatic carbocycles. The summed E-state index contributed by atoms with van der Waals surface area (Å²) in [7, 11) is 0. The Morgan fingerprint density at radius 3 is 2.94 bits per heavy atom. The van der Waals surface area contributed by atoms with E-state index in [4.69, 9.17) is 30.5 Å². The number of aromatic amines is 1. The van der Waals surface area contributed by atoms with Gasteiger partial charge in [-0.1, -0.05) is 23.7 Å². The predicted molar refractivity (Wildman–Crippen MR) is 107 cm³/mol. The molecule has 4 heterocycles. The van der Waals surface area contributed by atoms with Gasteiger partial charge in [0.05, 0.1) is 18.7 Å². The van der Waals surface area contributed by atoms with Gasteiger partial charge in [-0.2, -0.15) is 9.97 Å². The van der Waals surface area contributed by atoms with Gasteiger partial charge in [0.1, 0.15) is 35.3 Å². The molecule has 1 aromatic carbocycles. The maximum atomic E-state index is 14.3. The van der Waals surface area contributed by atoms with Gasteiger partial charge >= 0.3 is 0 Å². The van der Waals surface area contributed by atoms with Crippen molar-refractivity contribution in [2.24, 2.45) is 0 Å². The van der Waals surface area contributed by atoms with E-state index in [2.05, 4.69) is 15.0 Å². The molecule has 2 fully saturated rings. The summed E-state index contributed by atoms with van der Waals surface area (Å²) in [6.45, 7) is 0.511. The number of rotatable bonds is 4. The van der Waals surface area contributed by atoms with E-state index >= 15 is 0 Å². The summed E-state index contributed by atoms with van der Waals surface area (Å²) < 4.78 is 37.3. The Morgan fingerprint density at radius 2 is 2.03 bits per heavy atom. The number of H-pyrrole nitrogens is 1. The zero-order valence-corrected chi connectivity index (χ0v) is 17.0. The fraction of sp³-hybridized carbons (Fsp3) is 0.429. The van der Waals surface area contributed by atoms with Crippen LogP contribution in [0.25, 0.3) is 11.2 Å². The highest BCUT2D eigenvalue weighted by atomic mass is 35.5. The van der Waals surface area contributed by atoms with Gasteiger partial charge in [-0.3, -0.25) is 0 Å². The number of ether oxygens (including phenoxy) is 4. The summed E-state index contributed by atoms with van der Waals surface area (Å²) >= 11 is 6.38. The van der Waals surface area contributed by atoms with Crippen LogP contribution in [-0.4, -0.2) is 57.7 Å². The smallest absolute Gasteiger partial charge is 0.296 e. The third-order valence-electron chi connectivity index (χ3n) is 6.01. The molecule has 2 aliphatic heterocycles. The van der Waals surface area contributed by atoms with E-state index in [-0.39, 0.29) is 30.4 Å². The topological polar surface area (TPSA) is 98.7 Å². The van der Waals surface area contributed by atoms with E-state index in [1.807, 2.05) is 6.07 Å². The van der Waals surface area contributed by atoms with Crippen molar-refractivity contribution in [3.05, 3.63) is 46.2 Å². The fourth-order valence-corrected chi connectivity index (χ4v) is 4.75. The molecule has 10 heteroatoms. The summed E-state index contributed by atoms with van der Waals surface area (Å²) in [5.74, 6) is -0.0937. The molecule has 162 valence electrons. The fourth-order valence-electron chi connectivity index (χ4n) is 4.55. The first-order valence-corrected chi connectivity index (χ1v) is 10.5. The molecule has 5 atom stereocenters. The Kier molecular flexibility index (Phi) is 4.53. The number of aliphatic hydroxyl groups excluding tert-OH is 1. The van der Waals surface area contributed by atoms with Crippen LogP contribution in [0.4, 0.5) is 4.39 Å². The summed E-state index contributed by atoms with van der Waals surface area (Å²) in [6, 6.07) is 6.93. The highest BCUT2D eigenvalue weighted by Gasteiger charge is 2.48.